The summed E-state index contributed by atoms with van der Waals surface area (Å²) in [6, 6.07) is -1.29. The lowest BCUT2D eigenvalue weighted by Crippen LogP contribution is -2.46. The third-order valence-electron chi connectivity index (χ3n) is 1.82. The summed E-state index contributed by atoms with van der Waals surface area (Å²) in [7, 11) is 0. The molecule has 0 aromatic carbocycles. The number of hydrogen-bond acceptors (Lipinski definition) is 4. The fourth-order valence-electron chi connectivity index (χ4n) is 0.822. The molecule has 2 amide bonds. The zero-order chi connectivity index (χ0) is 12.0. The molecule has 0 spiro atoms. The predicted octanol–water partition coefficient (Wildman–Crippen LogP) is -1.97. The van der Waals surface area contributed by atoms with E-state index in [-0.39, 0.29) is 6.54 Å². The molecule has 0 saturated heterocycles. The molecule has 0 bridgehead atoms. The van der Waals surface area contributed by atoms with E-state index in [0.717, 1.165) is 0 Å². The number of aliphatic carboxylic acids is 1. The van der Waals surface area contributed by atoms with Crippen molar-refractivity contribution in [2.45, 2.75) is 19.4 Å². The van der Waals surface area contributed by atoms with E-state index < -0.39 is 36.2 Å². The average molecular weight is 217 g/mol. The van der Waals surface area contributed by atoms with Gasteiger partial charge in [-0.2, -0.15) is 0 Å². The molecule has 0 aromatic heterocycles. The lowest BCUT2D eigenvalue weighted by atomic mass is 10.1. The third-order valence-corrected chi connectivity index (χ3v) is 1.82. The van der Waals surface area contributed by atoms with E-state index in [0.29, 0.717) is 0 Å². The van der Waals surface area contributed by atoms with Crippen molar-refractivity contribution in [1.82, 2.24) is 5.32 Å². The monoisotopic (exact) mass is 217 g/mol. The van der Waals surface area contributed by atoms with Gasteiger partial charge in [-0.05, 0) is 0 Å². The average Bonchev–Trinajstić information content (AvgIpc) is 2.14. The Kier molecular flexibility index (Phi) is 5.32. The van der Waals surface area contributed by atoms with E-state index in [9.17, 15) is 14.4 Å². The van der Waals surface area contributed by atoms with Gasteiger partial charge in [-0.15, -0.1) is 0 Å². The Bertz CT molecular complexity index is 267. The molecule has 7 nitrogen and oxygen atoms in total. The Morgan fingerprint density at radius 3 is 2.27 bits per heavy atom. The Hall–Kier alpha value is -1.63. The van der Waals surface area contributed by atoms with Crippen molar-refractivity contribution in [2.75, 3.05) is 6.54 Å². The van der Waals surface area contributed by atoms with Gasteiger partial charge in [-0.25, -0.2) is 4.79 Å². The first-order chi connectivity index (χ1) is 6.88. The van der Waals surface area contributed by atoms with Crippen LogP contribution in [-0.4, -0.2) is 35.5 Å². The number of amides is 2. The summed E-state index contributed by atoms with van der Waals surface area (Å²) in [4.78, 5) is 32.4. The van der Waals surface area contributed by atoms with Gasteiger partial charge in [0.25, 0.3) is 0 Å². The van der Waals surface area contributed by atoms with Gasteiger partial charge in [0.05, 0.1) is 6.42 Å². The SMILES string of the molecule is CC(CN)C(=O)N[C@@H](CC(N)=O)C(=O)O. The number of hydrogen-bond donors (Lipinski definition) is 4. The van der Waals surface area contributed by atoms with Crippen LogP contribution in [0, 0.1) is 5.92 Å². The van der Waals surface area contributed by atoms with Gasteiger partial charge in [0, 0.05) is 12.5 Å². The number of nitrogens with two attached hydrogens (primary N) is 2. The van der Waals surface area contributed by atoms with Crippen LogP contribution < -0.4 is 16.8 Å². The maximum atomic E-state index is 11.3. The van der Waals surface area contributed by atoms with Crippen molar-refractivity contribution < 1.29 is 19.5 Å². The molecule has 0 fully saturated rings. The normalized spacial score (nSPS) is 14.0. The van der Waals surface area contributed by atoms with E-state index in [1.54, 1.807) is 6.92 Å². The molecule has 6 N–H and O–H groups in total. The van der Waals surface area contributed by atoms with Crippen molar-refractivity contribution in [1.29, 1.82) is 0 Å². The van der Waals surface area contributed by atoms with Crippen molar-refractivity contribution in [3.8, 4) is 0 Å². The minimum atomic E-state index is -1.30. The predicted molar refractivity (Wildman–Crippen MR) is 51.6 cm³/mol. The smallest absolute Gasteiger partial charge is 0.326 e. The quantitative estimate of drug-likeness (QED) is 0.409. The number of primary amides is 1. The Labute approximate surface area is 86.8 Å². The number of carboxylic acid groups (broad SMARTS) is 1. The zero-order valence-corrected chi connectivity index (χ0v) is 8.40. The van der Waals surface area contributed by atoms with Crippen LogP contribution in [0.2, 0.25) is 0 Å². The van der Waals surface area contributed by atoms with Gasteiger partial charge in [0.2, 0.25) is 11.8 Å². The first-order valence-corrected chi connectivity index (χ1v) is 4.40. The number of carbonyl (C=O) groups is 3. The molecule has 1 unspecified atom stereocenters. The van der Waals surface area contributed by atoms with E-state index in [1.807, 2.05) is 0 Å². The van der Waals surface area contributed by atoms with Crippen LogP contribution in [0.1, 0.15) is 13.3 Å². The van der Waals surface area contributed by atoms with Gasteiger partial charge in [-0.3, -0.25) is 9.59 Å². The molecule has 7 heteroatoms. The van der Waals surface area contributed by atoms with E-state index >= 15 is 0 Å². The summed E-state index contributed by atoms with van der Waals surface area (Å²) in [6.07, 6.45) is -0.432. The number of carbonyl (C=O) groups excluding carboxylic acids is 2. The van der Waals surface area contributed by atoms with Gasteiger partial charge in [0.1, 0.15) is 6.04 Å². The second kappa shape index (κ2) is 5.97. The molecule has 0 aliphatic heterocycles. The van der Waals surface area contributed by atoms with Crippen molar-refractivity contribution in [3.63, 3.8) is 0 Å². The minimum Gasteiger partial charge on any atom is -0.480 e. The molecule has 0 heterocycles. The van der Waals surface area contributed by atoms with Crippen LogP contribution in [0.3, 0.4) is 0 Å². The number of nitrogens with one attached hydrogen (secondary N) is 1. The summed E-state index contributed by atoms with van der Waals surface area (Å²) < 4.78 is 0. The fourth-order valence-corrected chi connectivity index (χ4v) is 0.822. The molecule has 0 aliphatic rings. The van der Waals surface area contributed by atoms with Crippen LogP contribution in [0.25, 0.3) is 0 Å². The second-order valence-corrected chi connectivity index (χ2v) is 3.21. The van der Waals surface area contributed by atoms with Crippen LogP contribution in [-0.2, 0) is 14.4 Å². The molecular formula is C8H15N3O4. The first-order valence-electron chi connectivity index (χ1n) is 4.40. The zero-order valence-electron chi connectivity index (χ0n) is 8.40. The molecule has 0 aliphatic carbocycles. The first kappa shape index (κ1) is 13.4. The van der Waals surface area contributed by atoms with Crippen molar-refractivity contribution >= 4 is 17.8 Å². The van der Waals surface area contributed by atoms with Crippen LogP contribution in [0.15, 0.2) is 0 Å². The molecule has 0 aromatic rings. The molecule has 0 saturated carbocycles. The van der Waals surface area contributed by atoms with Gasteiger partial charge < -0.3 is 21.9 Å². The van der Waals surface area contributed by atoms with Gasteiger partial charge >= 0.3 is 5.97 Å². The molecular weight excluding hydrogens is 202 g/mol. The van der Waals surface area contributed by atoms with Crippen LogP contribution in [0.4, 0.5) is 0 Å². The number of carboxylic acids is 1. The van der Waals surface area contributed by atoms with E-state index in [1.165, 1.54) is 0 Å². The maximum absolute atomic E-state index is 11.3. The van der Waals surface area contributed by atoms with Gasteiger partial charge in [-0.1, -0.05) is 6.92 Å². The van der Waals surface area contributed by atoms with Crippen LogP contribution >= 0.6 is 0 Å². The molecule has 0 rings (SSSR count). The molecule has 15 heavy (non-hydrogen) atoms. The highest BCUT2D eigenvalue weighted by Crippen LogP contribution is 1.96. The van der Waals surface area contributed by atoms with Gasteiger partial charge in [0.15, 0.2) is 0 Å². The largest absolute Gasteiger partial charge is 0.480 e. The minimum absolute atomic E-state index is 0.106. The summed E-state index contributed by atoms with van der Waals surface area (Å²) in [5, 5.41) is 10.9. The Balaban J connectivity index is 4.35. The van der Waals surface area contributed by atoms with Crippen LogP contribution in [0.5, 0.6) is 0 Å². The lowest BCUT2D eigenvalue weighted by molar-refractivity contribution is -0.143. The Morgan fingerprint density at radius 2 is 1.93 bits per heavy atom. The number of rotatable bonds is 6. The molecule has 2 atom stereocenters. The highest BCUT2D eigenvalue weighted by molar-refractivity contribution is 5.88. The van der Waals surface area contributed by atoms with E-state index in [4.69, 9.17) is 16.6 Å². The Morgan fingerprint density at radius 1 is 1.40 bits per heavy atom. The summed E-state index contributed by atoms with van der Waals surface area (Å²) in [5.41, 5.74) is 10.1. The second-order valence-electron chi connectivity index (χ2n) is 3.21. The van der Waals surface area contributed by atoms with Crippen molar-refractivity contribution in [2.24, 2.45) is 17.4 Å². The third kappa shape index (κ3) is 4.96. The standard InChI is InChI=1S/C8H15N3O4/c1-4(3-9)7(13)11-5(8(14)15)2-6(10)12/h4-5H,2-3,9H2,1H3,(H2,10,12)(H,11,13)(H,14,15)/t4?,5-/m0/s1. The lowest BCUT2D eigenvalue weighted by Gasteiger charge is -2.15. The summed E-state index contributed by atoms with van der Waals surface area (Å²) in [5.74, 6) is -3.10. The molecule has 86 valence electrons. The summed E-state index contributed by atoms with van der Waals surface area (Å²) in [6.45, 7) is 1.66. The van der Waals surface area contributed by atoms with E-state index in [2.05, 4.69) is 5.32 Å². The maximum Gasteiger partial charge on any atom is 0.326 e. The van der Waals surface area contributed by atoms with Crippen molar-refractivity contribution in [3.05, 3.63) is 0 Å². The topological polar surface area (TPSA) is 136 Å². The molecule has 0 radical (unpaired) electrons. The highest BCUT2D eigenvalue weighted by atomic mass is 16.4. The highest BCUT2D eigenvalue weighted by Gasteiger charge is 2.23. The fraction of sp³-hybridized carbons (Fsp3) is 0.625. The summed E-state index contributed by atoms with van der Waals surface area (Å²) >= 11 is 0.